The quantitative estimate of drug-likeness (QED) is 0.442. The highest BCUT2D eigenvalue weighted by molar-refractivity contribution is 6.40. The van der Waals surface area contributed by atoms with E-state index in [4.69, 9.17) is 28.9 Å². The average Bonchev–Trinajstić information content (AvgIpc) is 1.98. The summed E-state index contributed by atoms with van der Waals surface area (Å²) in [4.78, 5) is -1.01. The van der Waals surface area contributed by atoms with E-state index in [1.54, 1.807) is 6.08 Å². The van der Waals surface area contributed by atoms with E-state index in [1.165, 1.54) is 0 Å². The maximum atomic E-state index is 5.85. The molecule has 2 unspecified atom stereocenters. The molecule has 13 heavy (non-hydrogen) atoms. The molecule has 0 saturated carbocycles. The lowest BCUT2D eigenvalue weighted by atomic mass is 10.1. The number of nitrogens with one attached hydrogen (secondary N) is 1. The second-order valence-corrected chi connectivity index (χ2v) is 3.76. The van der Waals surface area contributed by atoms with Crippen LogP contribution in [0.1, 0.15) is 6.92 Å². The predicted octanol–water partition coefficient (Wildman–Crippen LogP) is 1.97. The lowest BCUT2D eigenvalue weighted by Crippen LogP contribution is -2.37. The molecule has 1 rings (SSSR count). The van der Waals surface area contributed by atoms with Crippen molar-refractivity contribution in [2.75, 3.05) is 6.54 Å². The lowest BCUT2D eigenvalue weighted by Gasteiger charge is -2.24. The van der Waals surface area contributed by atoms with Gasteiger partial charge in [-0.15, -0.1) is 12.4 Å². The molecule has 0 bridgehead atoms. The van der Waals surface area contributed by atoms with Crippen molar-refractivity contribution in [2.24, 2.45) is 5.73 Å². The molecular weight excluding hydrogens is 230 g/mol. The Morgan fingerprint density at radius 1 is 1.69 bits per heavy atom. The molecule has 0 radical (unpaired) electrons. The molecule has 0 aromatic heterocycles. The summed E-state index contributed by atoms with van der Waals surface area (Å²) in [5.41, 5.74) is 5.63. The van der Waals surface area contributed by atoms with Gasteiger partial charge in [-0.1, -0.05) is 36.2 Å². The minimum absolute atomic E-state index is 0. The van der Waals surface area contributed by atoms with Crippen LogP contribution in [0.3, 0.4) is 0 Å². The van der Waals surface area contributed by atoms with E-state index in [0.717, 1.165) is 6.54 Å². The van der Waals surface area contributed by atoms with Crippen LogP contribution in [-0.4, -0.2) is 17.6 Å². The van der Waals surface area contributed by atoms with E-state index in [0.29, 0.717) is 5.03 Å². The Labute approximate surface area is 94.6 Å². The zero-order chi connectivity index (χ0) is 9.19. The molecule has 0 aliphatic heterocycles. The van der Waals surface area contributed by atoms with E-state index in [-0.39, 0.29) is 18.4 Å². The van der Waals surface area contributed by atoms with E-state index in [1.807, 2.05) is 19.1 Å². The fraction of sp³-hybridized carbons (Fsp3) is 0.500. The Morgan fingerprint density at radius 2 is 2.31 bits per heavy atom. The summed E-state index contributed by atoms with van der Waals surface area (Å²) >= 11 is 11.7. The molecule has 1 aliphatic rings. The topological polar surface area (TPSA) is 38.0 Å². The molecule has 0 heterocycles. The molecule has 0 aromatic rings. The molecule has 0 saturated heterocycles. The van der Waals surface area contributed by atoms with Crippen LogP contribution in [0.15, 0.2) is 23.3 Å². The Balaban J connectivity index is 0.00000144. The van der Waals surface area contributed by atoms with Crippen molar-refractivity contribution in [1.29, 1.82) is 0 Å². The molecule has 3 N–H and O–H groups in total. The van der Waals surface area contributed by atoms with E-state index in [2.05, 4.69) is 5.32 Å². The largest absolute Gasteiger partial charge is 0.307 e. The van der Waals surface area contributed by atoms with Crippen molar-refractivity contribution >= 4 is 35.6 Å². The first kappa shape index (κ1) is 13.3. The lowest BCUT2D eigenvalue weighted by molar-refractivity contribution is 0.685. The van der Waals surface area contributed by atoms with Crippen LogP contribution in [-0.2, 0) is 0 Å². The fourth-order valence-corrected chi connectivity index (χ4v) is 1.36. The van der Waals surface area contributed by atoms with Crippen LogP contribution in [0.5, 0.6) is 0 Å². The van der Waals surface area contributed by atoms with Gasteiger partial charge in [-0.25, -0.2) is 0 Å². The minimum Gasteiger partial charge on any atom is -0.307 e. The van der Waals surface area contributed by atoms with Gasteiger partial charge in [0.2, 0.25) is 0 Å². The molecule has 0 spiro atoms. The van der Waals surface area contributed by atoms with E-state index >= 15 is 0 Å². The Kier molecular flexibility index (Phi) is 5.33. The van der Waals surface area contributed by atoms with Crippen LogP contribution in [0.2, 0.25) is 0 Å². The van der Waals surface area contributed by atoms with Crippen LogP contribution < -0.4 is 11.1 Å². The molecular formula is C8H13Cl3N2. The van der Waals surface area contributed by atoms with E-state index in [9.17, 15) is 0 Å². The maximum absolute atomic E-state index is 5.85. The summed E-state index contributed by atoms with van der Waals surface area (Å²) in [6, 6.07) is 0.151. The van der Waals surface area contributed by atoms with Crippen molar-refractivity contribution in [3.63, 3.8) is 0 Å². The second kappa shape index (κ2) is 5.23. The van der Waals surface area contributed by atoms with Crippen molar-refractivity contribution < 1.29 is 0 Å². The average molecular weight is 244 g/mol. The number of halogens is 3. The number of hydrogen-bond acceptors (Lipinski definition) is 2. The summed E-state index contributed by atoms with van der Waals surface area (Å²) in [6.45, 7) is 2.91. The van der Waals surface area contributed by atoms with Gasteiger partial charge in [-0.2, -0.15) is 0 Å². The molecule has 76 valence electrons. The summed E-state index contributed by atoms with van der Waals surface area (Å²) < 4.78 is 0. The number of rotatable bonds is 2. The van der Waals surface area contributed by atoms with Gasteiger partial charge < -0.3 is 11.1 Å². The van der Waals surface area contributed by atoms with E-state index < -0.39 is 5.00 Å². The van der Waals surface area contributed by atoms with Gasteiger partial charge in [0.05, 0.1) is 5.03 Å². The van der Waals surface area contributed by atoms with Gasteiger partial charge in [-0.05, 0) is 18.7 Å². The third-order valence-electron chi connectivity index (χ3n) is 1.68. The van der Waals surface area contributed by atoms with Crippen LogP contribution in [0.4, 0.5) is 0 Å². The third-order valence-corrected chi connectivity index (χ3v) is 2.54. The molecule has 0 amide bonds. The number of nitrogens with two attached hydrogens (primary N) is 1. The predicted molar refractivity (Wildman–Crippen MR) is 60.6 cm³/mol. The molecule has 1 aliphatic carbocycles. The first-order valence-corrected chi connectivity index (χ1v) is 4.60. The van der Waals surface area contributed by atoms with Gasteiger partial charge in [-0.3, -0.25) is 0 Å². The summed E-state index contributed by atoms with van der Waals surface area (Å²) in [6.07, 6.45) is 5.42. The van der Waals surface area contributed by atoms with Crippen molar-refractivity contribution in [1.82, 2.24) is 5.32 Å². The Hall–Kier alpha value is 0.270. The zero-order valence-corrected chi connectivity index (χ0v) is 9.59. The number of likely N-dealkylation sites (N-methyl/N-ethyl adjacent to an activating group) is 1. The Bertz CT molecular complexity index is 223. The van der Waals surface area contributed by atoms with Crippen molar-refractivity contribution in [3.8, 4) is 0 Å². The first-order valence-electron chi connectivity index (χ1n) is 3.84. The van der Waals surface area contributed by atoms with Gasteiger partial charge in [0, 0.05) is 6.04 Å². The standard InChI is InChI=1S/C8H12Cl2N2.ClH/c1-2-12-6-3-4-8(10,11)7(9)5-6;/h3-6,12H,2,11H2,1H3;1H. The number of alkyl halides is 1. The maximum Gasteiger partial charge on any atom is 0.146 e. The third kappa shape index (κ3) is 3.49. The molecule has 5 heteroatoms. The van der Waals surface area contributed by atoms with Gasteiger partial charge in [0.15, 0.2) is 0 Å². The Morgan fingerprint density at radius 3 is 2.77 bits per heavy atom. The first-order chi connectivity index (χ1) is 5.56. The van der Waals surface area contributed by atoms with Crippen molar-refractivity contribution in [3.05, 3.63) is 23.3 Å². The SMILES string of the molecule is CCNC1C=CC(N)(Cl)C(Cl)=C1.Cl. The summed E-state index contributed by atoms with van der Waals surface area (Å²) in [7, 11) is 0. The smallest absolute Gasteiger partial charge is 0.146 e. The fourth-order valence-electron chi connectivity index (χ4n) is 1.03. The molecule has 2 nitrogen and oxygen atoms in total. The zero-order valence-electron chi connectivity index (χ0n) is 7.26. The molecule has 0 aromatic carbocycles. The number of hydrogen-bond donors (Lipinski definition) is 2. The van der Waals surface area contributed by atoms with Crippen molar-refractivity contribution in [2.45, 2.75) is 18.0 Å². The molecule has 0 fully saturated rings. The minimum atomic E-state index is -1.01. The second-order valence-electron chi connectivity index (χ2n) is 2.73. The van der Waals surface area contributed by atoms with Crippen LogP contribution >= 0.6 is 35.6 Å². The van der Waals surface area contributed by atoms with Crippen LogP contribution in [0.25, 0.3) is 0 Å². The summed E-state index contributed by atoms with van der Waals surface area (Å²) in [5, 5.41) is 3.66. The summed E-state index contributed by atoms with van der Waals surface area (Å²) in [5.74, 6) is 0. The highest BCUT2D eigenvalue weighted by atomic mass is 35.5. The van der Waals surface area contributed by atoms with Gasteiger partial charge >= 0.3 is 0 Å². The van der Waals surface area contributed by atoms with Gasteiger partial charge in [0.25, 0.3) is 0 Å². The monoisotopic (exact) mass is 242 g/mol. The highest BCUT2D eigenvalue weighted by Gasteiger charge is 2.26. The molecule has 2 atom stereocenters. The normalized spacial score (nSPS) is 32.3. The van der Waals surface area contributed by atoms with Crippen LogP contribution in [0, 0.1) is 0 Å². The highest BCUT2D eigenvalue weighted by Crippen LogP contribution is 2.28. The van der Waals surface area contributed by atoms with Gasteiger partial charge in [0.1, 0.15) is 5.00 Å².